The maximum absolute atomic E-state index is 10.8. The summed E-state index contributed by atoms with van der Waals surface area (Å²) in [6, 6.07) is -0.120. The minimum Gasteiger partial charge on any atom is -0.388 e. The van der Waals surface area contributed by atoms with E-state index in [-0.39, 0.29) is 11.9 Å². The Morgan fingerprint density at radius 2 is 1.92 bits per heavy atom. The topological polar surface area (TPSA) is 49.3 Å². The van der Waals surface area contributed by atoms with Gasteiger partial charge in [0.2, 0.25) is 5.91 Å². The van der Waals surface area contributed by atoms with Gasteiger partial charge in [-0.1, -0.05) is 19.3 Å². The molecule has 3 heteroatoms. The Hall–Kier alpha value is -0.570. The number of carbonyl (C=O) groups is 1. The predicted molar refractivity (Wildman–Crippen MR) is 51.3 cm³/mol. The Labute approximate surface area is 79.5 Å². The number of aliphatic hydroxyl groups is 1. The molecule has 1 unspecified atom stereocenters. The molecular weight excluding hydrogens is 166 g/mol. The third-order valence-electron chi connectivity index (χ3n) is 2.95. The van der Waals surface area contributed by atoms with Crippen LogP contribution in [-0.4, -0.2) is 22.7 Å². The maximum atomic E-state index is 10.8. The first kappa shape index (κ1) is 10.5. The standard InChI is InChI=1S/C10H19NO2/c1-8(11-9(2)12)10(13)6-4-3-5-7-10/h8,13H,3-7H2,1-2H3,(H,11,12). The smallest absolute Gasteiger partial charge is 0.217 e. The molecule has 0 radical (unpaired) electrons. The Balaban J connectivity index is 2.51. The van der Waals surface area contributed by atoms with Crippen LogP contribution in [0, 0.1) is 0 Å². The van der Waals surface area contributed by atoms with Crippen molar-refractivity contribution in [3.05, 3.63) is 0 Å². The largest absolute Gasteiger partial charge is 0.388 e. The van der Waals surface area contributed by atoms with Crippen LogP contribution in [0.1, 0.15) is 46.0 Å². The number of hydrogen-bond acceptors (Lipinski definition) is 2. The van der Waals surface area contributed by atoms with E-state index in [2.05, 4.69) is 5.32 Å². The molecule has 1 aliphatic rings. The molecule has 0 heterocycles. The quantitative estimate of drug-likeness (QED) is 0.679. The fourth-order valence-electron chi connectivity index (χ4n) is 2.04. The molecule has 0 aliphatic heterocycles. The van der Waals surface area contributed by atoms with Crippen molar-refractivity contribution in [2.75, 3.05) is 0 Å². The van der Waals surface area contributed by atoms with Crippen LogP contribution in [0.4, 0.5) is 0 Å². The molecule has 1 saturated carbocycles. The van der Waals surface area contributed by atoms with Crippen LogP contribution in [0.15, 0.2) is 0 Å². The summed E-state index contributed by atoms with van der Waals surface area (Å²) in [6.07, 6.45) is 4.97. The minimum atomic E-state index is -0.663. The van der Waals surface area contributed by atoms with E-state index in [1.807, 2.05) is 6.92 Å². The van der Waals surface area contributed by atoms with E-state index in [0.717, 1.165) is 25.7 Å². The lowest BCUT2D eigenvalue weighted by molar-refractivity contribution is -0.122. The Bertz CT molecular complexity index is 185. The summed E-state index contributed by atoms with van der Waals surface area (Å²) in [5.41, 5.74) is -0.663. The molecule has 0 aromatic carbocycles. The first-order valence-electron chi connectivity index (χ1n) is 5.04. The van der Waals surface area contributed by atoms with E-state index >= 15 is 0 Å². The fourth-order valence-corrected chi connectivity index (χ4v) is 2.04. The van der Waals surface area contributed by atoms with E-state index in [1.165, 1.54) is 13.3 Å². The molecule has 1 amide bonds. The lowest BCUT2D eigenvalue weighted by Gasteiger charge is -2.37. The van der Waals surface area contributed by atoms with Crippen molar-refractivity contribution in [2.45, 2.75) is 57.6 Å². The summed E-state index contributed by atoms with van der Waals surface area (Å²) in [5.74, 6) is -0.0634. The average Bonchev–Trinajstić information content (AvgIpc) is 2.04. The Morgan fingerprint density at radius 1 is 1.38 bits per heavy atom. The van der Waals surface area contributed by atoms with Crippen LogP contribution in [0.5, 0.6) is 0 Å². The van der Waals surface area contributed by atoms with Crippen molar-refractivity contribution in [1.29, 1.82) is 0 Å². The third kappa shape index (κ3) is 2.69. The van der Waals surface area contributed by atoms with E-state index in [0.29, 0.717) is 0 Å². The highest BCUT2D eigenvalue weighted by molar-refractivity contribution is 5.73. The molecule has 1 rings (SSSR count). The summed E-state index contributed by atoms with van der Waals surface area (Å²) in [7, 11) is 0. The van der Waals surface area contributed by atoms with Crippen LogP contribution in [0.25, 0.3) is 0 Å². The van der Waals surface area contributed by atoms with Crippen LogP contribution < -0.4 is 5.32 Å². The lowest BCUT2D eigenvalue weighted by Crippen LogP contribution is -2.51. The number of hydrogen-bond donors (Lipinski definition) is 2. The van der Waals surface area contributed by atoms with Crippen LogP contribution in [-0.2, 0) is 4.79 Å². The Kier molecular flexibility index (Phi) is 3.31. The van der Waals surface area contributed by atoms with Crippen molar-refractivity contribution < 1.29 is 9.90 Å². The second-order valence-electron chi connectivity index (χ2n) is 4.09. The number of carbonyl (C=O) groups excluding carboxylic acids is 1. The number of nitrogens with one attached hydrogen (secondary N) is 1. The molecule has 76 valence electrons. The van der Waals surface area contributed by atoms with E-state index in [1.54, 1.807) is 0 Å². The number of rotatable bonds is 2. The van der Waals surface area contributed by atoms with Gasteiger partial charge in [-0.05, 0) is 19.8 Å². The van der Waals surface area contributed by atoms with Crippen LogP contribution in [0.3, 0.4) is 0 Å². The predicted octanol–water partition coefficient (Wildman–Crippen LogP) is 1.21. The van der Waals surface area contributed by atoms with Crippen molar-refractivity contribution >= 4 is 5.91 Å². The first-order valence-corrected chi connectivity index (χ1v) is 5.04. The lowest BCUT2D eigenvalue weighted by atomic mass is 9.80. The molecule has 0 saturated heterocycles. The second-order valence-corrected chi connectivity index (χ2v) is 4.09. The molecule has 13 heavy (non-hydrogen) atoms. The molecule has 1 atom stereocenters. The zero-order chi connectivity index (χ0) is 9.90. The van der Waals surface area contributed by atoms with Crippen LogP contribution in [0.2, 0.25) is 0 Å². The molecule has 0 bridgehead atoms. The van der Waals surface area contributed by atoms with E-state index in [4.69, 9.17) is 0 Å². The summed E-state index contributed by atoms with van der Waals surface area (Å²) in [4.78, 5) is 10.8. The van der Waals surface area contributed by atoms with Gasteiger partial charge in [0.05, 0.1) is 11.6 Å². The summed E-state index contributed by atoms with van der Waals surface area (Å²) in [6.45, 7) is 3.37. The number of amides is 1. The minimum absolute atomic E-state index is 0.0634. The Morgan fingerprint density at radius 3 is 2.38 bits per heavy atom. The van der Waals surface area contributed by atoms with Gasteiger partial charge in [0, 0.05) is 6.92 Å². The van der Waals surface area contributed by atoms with Gasteiger partial charge in [0.15, 0.2) is 0 Å². The highest BCUT2D eigenvalue weighted by atomic mass is 16.3. The molecule has 1 fully saturated rings. The summed E-state index contributed by atoms with van der Waals surface area (Å²) < 4.78 is 0. The van der Waals surface area contributed by atoms with Crippen molar-refractivity contribution in [1.82, 2.24) is 5.32 Å². The van der Waals surface area contributed by atoms with Gasteiger partial charge < -0.3 is 10.4 Å². The summed E-state index contributed by atoms with van der Waals surface area (Å²) in [5, 5.41) is 12.9. The van der Waals surface area contributed by atoms with Gasteiger partial charge in [-0.15, -0.1) is 0 Å². The second kappa shape index (κ2) is 4.09. The van der Waals surface area contributed by atoms with Crippen molar-refractivity contribution in [2.24, 2.45) is 0 Å². The first-order chi connectivity index (χ1) is 6.04. The molecule has 3 nitrogen and oxygen atoms in total. The van der Waals surface area contributed by atoms with E-state index in [9.17, 15) is 9.90 Å². The SMILES string of the molecule is CC(=O)NC(C)C1(O)CCCCC1. The van der Waals surface area contributed by atoms with Crippen LogP contribution >= 0.6 is 0 Å². The summed E-state index contributed by atoms with van der Waals surface area (Å²) >= 11 is 0. The van der Waals surface area contributed by atoms with E-state index < -0.39 is 5.60 Å². The van der Waals surface area contributed by atoms with Crippen molar-refractivity contribution in [3.63, 3.8) is 0 Å². The monoisotopic (exact) mass is 185 g/mol. The molecule has 0 aromatic heterocycles. The van der Waals surface area contributed by atoms with Gasteiger partial charge >= 0.3 is 0 Å². The van der Waals surface area contributed by atoms with Gasteiger partial charge in [0.1, 0.15) is 0 Å². The molecule has 0 spiro atoms. The molecule has 0 aromatic rings. The normalized spacial score (nSPS) is 23.6. The molecule has 2 N–H and O–H groups in total. The van der Waals surface area contributed by atoms with Gasteiger partial charge in [-0.3, -0.25) is 4.79 Å². The third-order valence-corrected chi connectivity index (χ3v) is 2.95. The highest BCUT2D eigenvalue weighted by Gasteiger charge is 2.35. The zero-order valence-electron chi connectivity index (χ0n) is 8.47. The average molecular weight is 185 g/mol. The van der Waals surface area contributed by atoms with Gasteiger partial charge in [-0.2, -0.15) is 0 Å². The zero-order valence-corrected chi connectivity index (χ0v) is 8.47. The molecular formula is C10H19NO2. The van der Waals surface area contributed by atoms with Gasteiger partial charge in [0.25, 0.3) is 0 Å². The van der Waals surface area contributed by atoms with Gasteiger partial charge in [-0.25, -0.2) is 0 Å². The highest BCUT2D eigenvalue weighted by Crippen LogP contribution is 2.30. The van der Waals surface area contributed by atoms with Crippen molar-refractivity contribution in [3.8, 4) is 0 Å². The maximum Gasteiger partial charge on any atom is 0.217 e. The fraction of sp³-hybridized carbons (Fsp3) is 0.900. The molecule has 1 aliphatic carbocycles.